The molecule has 2 aromatic carbocycles. The van der Waals surface area contributed by atoms with Gasteiger partial charge in [0.2, 0.25) is 11.7 Å². The lowest BCUT2D eigenvalue weighted by Gasteiger charge is -2.36. The number of hydrogen-bond donors (Lipinski definition) is 2. The summed E-state index contributed by atoms with van der Waals surface area (Å²) in [5.41, 5.74) is 7.48. The summed E-state index contributed by atoms with van der Waals surface area (Å²) in [6, 6.07) is 11.8. The van der Waals surface area contributed by atoms with Crippen LogP contribution in [0.3, 0.4) is 0 Å². The Labute approximate surface area is 299 Å². The number of para-hydroxylation sites is 1. The Morgan fingerprint density at radius 2 is 1.83 bits per heavy atom. The molecule has 13 nitrogen and oxygen atoms in total. The zero-order chi connectivity index (χ0) is 36.7. The van der Waals surface area contributed by atoms with Crippen LogP contribution in [0.5, 0.6) is 0 Å². The maximum atomic E-state index is 14.2. The number of aromatic nitrogens is 5. The van der Waals surface area contributed by atoms with Crippen molar-refractivity contribution in [3.05, 3.63) is 92.8 Å². The number of alkyl halides is 3. The monoisotopic (exact) mass is 735 g/mol. The standard InChI is InChI=1S/C35H33ClF3N9O4/c1-2-27-30(45-11-13-46(14-12-45)32(50)29-24(40)17-21-5-3-4-6-25(21)42-29)33(51)48-34(43-31(44-48)20-9-15-52-16-10-20)47(27)19-28(49)41-26-8-7-22(18-23(26)36)35(37,38)39/h3-9,17-18H,2,10-16,19,40H2,1H3,(H,41,49). The highest BCUT2D eigenvalue weighted by molar-refractivity contribution is 6.33. The zero-order valence-corrected chi connectivity index (χ0v) is 28.7. The maximum Gasteiger partial charge on any atom is 0.416 e. The number of benzene rings is 2. The smallest absolute Gasteiger partial charge is 0.397 e. The number of amides is 2. The summed E-state index contributed by atoms with van der Waals surface area (Å²) in [4.78, 5) is 54.1. The summed E-state index contributed by atoms with van der Waals surface area (Å²) in [5.74, 6) is -0.502. The van der Waals surface area contributed by atoms with Crippen molar-refractivity contribution in [1.29, 1.82) is 0 Å². The van der Waals surface area contributed by atoms with Gasteiger partial charge in [-0.05, 0) is 48.7 Å². The van der Waals surface area contributed by atoms with E-state index in [0.29, 0.717) is 48.8 Å². The minimum Gasteiger partial charge on any atom is -0.397 e. The molecule has 0 atom stereocenters. The molecule has 1 saturated heterocycles. The Kier molecular flexibility index (Phi) is 9.35. The second-order valence-electron chi connectivity index (χ2n) is 12.4. The lowest BCUT2D eigenvalue weighted by molar-refractivity contribution is -0.137. The number of hydrogen-bond acceptors (Lipinski definition) is 9. The Bertz CT molecular complexity index is 2310. The number of carbonyl (C=O) groups is 2. The Morgan fingerprint density at radius 1 is 1.06 bits per heavy atom. The highest BCUT2D eigenvalue weighted by Gasteiger charge is 2.32. The predicted molar refractivity (Wildman–Crippen MR) is 189 cm³/mol. The van der Waals surface area contributed by atoms with Crippen LogP contribution in [0, 0.1) is 0 Å². The molecule has 2 aliphatic heterocycles. The van der Waals surface area contributed by atoms with Gasteiger partial charge in [0, 0.05) is 31.6 Å². The van der Waals surface area contributed by atoms with Crippen LogP contribution >= 0.6 is 11.6 Å². The lowest BCUT2D eigenvalue weighted by Crippen LogP contribution is -2.51. The van der Waals surface area contributed by atoms with Gasteiger partial charge in [0.15, 0.2) is 11.5 Å². The van der Waals surface area contributed by atoms with Crippen LogP contribution in [-0.4, -0.2) is 80.3 Å². The van der Waals surface area contributed by atoms with Gasteiger partial charge in [-0.1, -0.05) is 42.8 Å². The number of anilines is 3. The Balaban J connectivity index is 1.21. The van der Waals surface area contributed by atoms with Gasteiger partial charge in [-0.15, -0.1) is 5.10 Å². The number of fused-ring (bicyclic) bond motifs is 2. The summed E-state index contributed by atoms with van der Waals surface area (Å²) in [7, 11) is 0. The van der Waals surface area contributed by atoms with E-state index in [1.807, 2.05) is 42.2 Å². The normalized spacial score (nSPS) is 15.3. The molecule has 0 bridgehead atoms. The molecular formula is C35H33ClF3N9O4. The van der Waals surface area contributed by atoms with Gasteiger partial charge in [0.1, 0.15) is 12.2 Å². The molecule has 2 amide bonds. The van der Waals surface area contributed by atoms with Gasteiger partial charge in [0.25, 0.3) is 11.5 Å². The SMILES string of the molecule is CCc1c(N2CCN(C(=O)c3nc4ccccc4cc3N)CC2)c(=O)n2nc(C3=CCOCC3)nc2n1CC(=O)Nc1ccc(C(F)(F)F)cc1Cl. The van der Waals surface area contributed by atoms with Gasteiger partial charge in [-0.2, -0.15) is 22.7 Å². The van der Waals surface area contributed by atoms with Crippen molar-refractivity contribution in [2.75, 3.05) is 55.3 Å². The maximum absolute atomic E-state index is 14.2. The molecule has 1 fully saturated rings. The molecule has 5 heterocycles. The number of pyridine rings is 1. The van der Waals surface area contributed by atoms with Crippen LogP contribution in [0.15, 0.2) is 59.4 Å². The minimum atomic E-state index is -4.61. The van der Waals surface area contributed by atoms with E-state index in [9.17, 15) is 27.6 Å². The molecule has 52 heavy (non-hydrogen) atoms. The number of nitrogens with one attached hydrogen (secondary N) is 1. The largest absolute Gasteiger partial charge is 0.416 e. The summed E-state index contributed by atoms with van der Waals surface area (Å²) in [6.07, 6.45) is -1.94. The van der Waals surface area contributed by atoms with Gasteiger partial charge >= 0.3 is 6.18 Å². The second-order valence-corrected chi connectivity index (χ2v) is 12.8. The Morgan fingerprint density at radius 3 is 2.52 bits per heavy atom. The third kappa shape index (κ3) is 6.66. The average Bonchev–Trinajstić information content (AvgIpc) is 3.59. The number of ether oxygens (including phenoxy) is 1. The summed E-state index contributed by atoms with van der Waals surface area (Å²) in [5, 5.41) is 7.69. The van der Waals surface area contributed by atoms with E-state index in [4.69, 9.17) is 22.1 Å². The highest BCUT2D eigenvalue weighted by Crippen LogP contribution is 2.34. The fourth-order valence-corrected chi connectivity index (χ4v) is 6.74. The van der Waals surface area contributed by atoms with Crippen molar-refractivity contribution in [3.63, 3.8) is 0 Å². The van der Waals surface area contributed by atoms with Crippen LogP contribution < -0.4 is 21.5 Å². The Hall–Kier alpha value is -5.48. The predicted octanol–water partition coefficient (Wildman–Crippen LogP) is 4.66. The van der Waals surface area contributed by atoms with E-state index >= 15 is 0 Å². The number of rotatable bonds is 7. The molecule has 5 aromatic rings. The molecular weight excluding hydrogens is 703 g/mol. The number of halogens is 4. The van der Waals surface area contributed by atoms with E-state index < -0.39 is 23.2 Å². The van der Waals surface area contributed by atoms with Gasteiger partial charge in [-0.25, -0.2) is 4.98 Å². The van der Waals surface area contributed by atoms with E-state index in [1.54, 1.807) is 15.5 Å². The number of nitrogens with two attached hydrogens (primary N) is 1. The molecule has 7 rings (SSSR count). The summed E-state index contributed by atoms with van der Waals surface area (Å²) < 4.78 is 47.8. The van der Waals surface area contributed by atoms with Crippen molar-refractivity contribution < 1.29 is 27.5 Å². The first-order valence-corrected chi connectivity index (χ1v) is 17.0. The number of nitrogens with zero attached hydrogens (tertiary/aromatic N) is 7. The van der Waals surface area contributed by atoms with Gasteiger partial charge < -0.3 is 30.2 Å². The van der Waals surface area contributed by atoms with Crippen LogP contribution in [0.2, 0.25) is 5.02 Å². The highest BCUT2D eigenvalue weighted by atomic mass is 35.5. The fourth-order valence-electron chi connectivity index (χ4n) is 6.51. The molecule has 270 valence electrons. The van der Waals surface area contributed by atoms with Gasteiger partial charge in [-0.3, -0.25) is 14.4 Å². The van der Waals surface area contributed by atoms with Crippen molar-refractivity contribution >= 4 is 62.7 Å². The molecule has 17 heteroatoms. The van der Waals surface area contributed by atoms with Crippen LogP contribution in [0.25, 0.3) is 22.3 Å². The molecule has 0 unspecified atom stereocenters. The quantitative estimate of drug-likeness (QED) is 0.243. The van der Waals surface area contributed by atoms with Crippen LogP contribution in [0.4, 0.5) is 30.2 Å². The minimum absolute atomic E-state index is 0.00755. The zero-order valence-electron chi connectivity index (χ0n) is 27.9. The molecule has 3 N–H and O–H groups in total. The van der Waals surface area contributed by atoms with E-state index in [2.05, 4.69) is 20.4 Å². The third-order valence-electron chi connectivity index (χ3n) is 9.12. The van der Waals surface area contributed by atoms with Crippen molar-refractivity contribution in [1.82, 2.24) is 29.0 Å². The average molecular weight is 736 g/mol. The van der Waals surface area contributed by atoms with Gasteiger partial charge in [0.05, 0.1) is 46.4 Å². The lowest BCUT2D eigenvalue weighted by atomic mass is 10.1. The van der Waals surface area contributed by atoms with E-state index in [0.717, 1.165) is 33.7 Å². The molecule has 0 aliphatic carbocycles. The van der Waals surface area contributed by atoms with Crippen LogP contribution in [-0.2, 0) is 28.7 Å². The summed E-state index contributed by atoms with van der Waals surface area (Å²) >= 11 is 6.13. The molecule has 2 aliphatic rings. The molecule has 3 aromatic heterocycles. The van der Waals surface area contributed by atoms with Crippen LogP contribution in [0.1, 0.15) is 40.9 Å². The topological polar surface area (TPSA) is 153 Å². The third-order valence-corrected chi connectivity index (χ3v) is 9.44. The first-order valence-electron chi connectivity index (χ1n) is 16.6. The van der Waals surface area contributed by atoms with Crippen molar-refractivity contribution in [3.8, 4) is 0 Å². The molecule has 0 spiro atoms. The number of carbonyl (C=O) groups excluding carboxylic acids is 2. The molecule has 0 radical (unpaired) electrons. The van der Waals surface area contributed by atoms with Crippen molar-refractivity contribution in [2.45, 2.75) is 32.5 Å². The summed E-state index contributed by atoms with van der Waals surface area (Å²) in [6.45, 7) is 3.38. The van der Waals surface area contributed by atoms with E-state index in [-0.39, 0.29) is 66.5 Å². The van der Waals surface area contributed by atoms with E-state index in [1.165, 1.54) is 0 Å². The first kappa shape index (κ1) is 34.9. The number of piperazine rings is 1. The second kappa shape index (κ2) is 13.9. The first-order chi connectivity index (χ1) is 24.9. The van der Waals surface area contributed by atoms with Crippen molar-refractivity contribution in [2.24, 2.45) is 0 Å². The fraction of sp³-hybridized carbons (Fsp3) is 0.314. The number of nitrogen functional groups attached to an aromatic ring is 1. The molecule has 0 saturated carbocycles.